The van der Waals surface area contributed by atoms with Crippen LogP contribution in [0.5, 0.6) is 0 Å². The number of nitrogens with zero attached hydrogens (tertiary/aromatic N) is 1. The molecule has 0 spiro atoms. The lowest BCUT2D eigenvalue weighted by atomic mass is 9.70. The number of allylic oxidation sites excluding steroid dienone is 2. The van der Waals surface area contributed by atoms with Crippen molar-refractivity contribution in [2.24, 2.45) is 0 Å². The number of aliphatic carboxylic acids is 1. The van der Waals surface area contributed by atoms with E-state index in [9.17, 15) is 45.7 Å². The minimum atomic E-state index is -4.39. The van der Waals surface area contributed by atoms with Crippen LogP contribution in [0.4, 0.5) is 0 Å². The highest BCUT2D eigenvalue weighted by Crippen LogP contribution is 2.51. The zero-order valence-corrected chi connectivity index (χ0v) is 10.2. The van der Waals surface area contributed by atoms with E-state index >= 15 is 0 Å². The summed E-state index contributed by atoms with van der Waals surface area (Å²) in [6, 6.07) is 0. The summed E-state index contributed by atoms with van der Waals surface area (Å²) in [5.41, 5.74) is -8.45. The van der Waals surface area contributed by atoms with Crippen molar-refractivity contribution in [3.05, 3.63) is 23.9 Å². The molecule has 1 aliphatic carbocycles. The molecule has 3 unspecified atom stereocenters. The predicted molar refractivity (Wildman–Crippen MR) is 58.7 cm³/mol. The Bertz CT molecular complexity index is 554. The summed E-state index contributed by atoms with van der Waals surface area (Å²) in [6.45, 7) is 0. The van der Waals surface area contributed by atoms with Gasteiger partial charge in [-0.05, 0) is 6.08 Å². The Morgan fingerprint density at radius 3 is 2.10 bits per heavy atom. The molecule has 118 valence electrons. The summed E-state index contributed by atoms with van der Waals surface area (Å²) in [5.74, 6) is -11.0. The van der Waals surface area contributed by atoms with Crippen molar-refractivity contribution in [1.29, 1.82) is 0 Å². The fourth-order valence-electron chi connectivity index (χ4n) is 2.36. The van der Waals surface area contributed by atoms with Gasteiger partial charge in [0.05, 0.1) is 5.70 Å². The summed E-state index contributed by atoms with van der Waals surface area (Å²) in [6.07, 6.45) is 0.369. The van der Waals surface area contributed by atoms with Gasteiger partial charge in [0.2, 0.25) is 0 Å². The highest BCUT2D eigenvalue weighted by molar-refractivity contribution is 5.79. The Hall–Kier alpha value is -1.57. The third kappa shape index (κ3) is 1.41. The molecule has 3 atom stereocenters. The molecule has 0 radical (unpaired) electrons. The molecule has 9 N–H and O–H groups in total. The van der Waals surface area contributed by atoms with Crippen molar-refractivity contribution in [3.63, 3.8) is 0 Å². The van der Waals surface area contributed by atoms with Gasteiger partial charge in [0.25, 0.3) is 11.6 Å². The van der Waals surface area contributed by atoms with Gasteiger partial charge < -0.3 is 40.9 Å². The van der Waals surface area contributed by atoms with Gasteiger partial charge in [-0.25, -0.2) is 9.86 Å². The molecule has 2 aliphatic rings. The van der Waals surface area contributed by atoms with Gasteiger partial charge in [0, 0.05) is 0 Å². The average Bonchev–Trinajstić information content (AvgIpc) is 2.38. The second-order valence-corrected chi connectivity index (χ2v) is 4.78. The fourth-order valence-corrected chi connectivity index (χ4v) is 2.36. The number of hydroxylamine groups is 2. The molecule has 11 heteroatoms. The van der Waals surface area contributed by atoms with Gasteiger partial charge in [-0.15, -0.1) is 0 Å². The molecule has 1 fully saturated rings. The standard InChI is InChI=1S/C10H13NO10/c12-5-3-1-2-4-7(5,15)9(17,18)10(19,20)8(16,6(13)14)11(4)21/h1-3,5,12,15-21H,(H,13,14). The van der Waals surface area contributed by atoms with Crippen LogP contribution in [0, 0.1) is 0 Å². The Morgan fingerprint density at radius 1 is 1.10 bits per heavy atom. The molecule has 0 saturated carbocycles. The lowest BCUT2D eigenvalue weighted by Gasteiger charge is -2.59. The monoisotopic (exact) mass is 307 g/mol. The second kappa shape index (κ2) is 4.00. The first-order valence-electron chi connectivity index (χ1n) is 5.50. The molecule has 0 amide bonds. The van der Waals surface area contributed by atoms with Crippen LogP contribution in [-0.4, -0.2) is 86.1 Å². The number of aliphatic hydroxyl groups excluding tert-OH is 1. The number of carboxylic acid groups (broad SMARTS) is 1. The Morgan fingerprint density at radius 2 is 1.62 bits per heavy atom. The molecule has 0 bridgehead atoms. The van der Waals surface area contributed by atoms with Crippen LogP contribution in [0.25, 0.3) is 0 Å². The van der Waals surface area contributed by atoms with E-state index in [1.165, 1.54) is 0 Å². The van der Waals surface area contributed by atoms with Crippen molar-refractivity contribution in [1.82, 2.24) is 5.06 Å². The molecule has 0 aromatic heterocycles. The van der Waals surface area contributed by atoms with Gasteiger partial charge in [0.1, 0.15) is 6.10 Å². The molecule has 0 aromatic rings. The molecular formula is C10H13NO10. The van der Waals surface area contributed by atoms with E-state index < -0.39 is 45.7 Å². The van der Waals surface area contributed by atoms with Crippen molar-refractivity contribution in [2.45, 2.75) is 29.0 Å². The third-order valence-corrected chi connectivity index (χ3v) is 3.70. The molecule has 11 nitrogen and oxygen atoms in total. The van der Waals surface area contributed by atoms with Crippen molar-refractivity contribution < 1.29 is 50.9 Å². The number of fused-ring (bicyclic) bond motifs is 1. The third-order valence-electron chi connectivity index (χ3n) is 3.70. The first kappa shape index (κ1) is 15.8. The highest BCUT2D eigenvalue weighted by atomic mass is 16.7. The zero-order valence-electron chi connectivity index (χ0n) is 10.2. The highest BCUT2D eigenvalue weighted by Gasteiger charge is 2.82. The number of carboxylic acids is 1. The van der Waals surface area contributed by atoms with Gasteiger partial charge >= 0.3 is 11.7 Å². The van der Waals surface area contributed by atoms with E-state index in [4.69, 9.17) is 5.11 Å². The van der Waals surface area contributed by atoms with Crippen LogP contribution in [0.15, 0.2) is 23.9 Å². The smallest absolute Gasteiger partial charge is 0.365 e. The number of carbonyl (C=O) groups is 1. The molecular weight excluding hydrogens is 294 g/mol. The van der Waals surface area contributed by atoms with Gasteiger partial charge in [0.15, 0.2) is 5.60 Å². The molecule has 1 saturated heterocycles. The Kier molecular flexibility index (Phi) is 3.01. The van der Waals surface area contributed by atoms with E-state index in [2.05, 4.69) is 0 Å². The van der Waals surface area contributed by atoms with Crippen LogP contribution in [0.3, 0.4) is 0 Å². The fraction of sp³-hybridized carbons (Fsp3) is 0.500. The molecule has 0 aromatic carbocycles. The SMILES string of the molecule is O=C(O)C1(O)N(O)C2=CC=CC(O)C2(O)C(O)(O)C1(O)O. The van der Waals surface area contributed by atoms with E-state index in [1.54, 1.807) is 0 Å². The number of piperidine rings is 1. The summed E-state index contributed by atoms with van der Waals surface area (Å²) < 4.78 is 0. The molecule has 1 aliphatic heterocycles. The lowest BCUT2D eigenvalue weighted by Crippen LogP contribution is -2.88. The topological polar surface area (TPSA) is 202 Å². The van der Waals surface area contributed by atoms with E-state index in [-0.39, 0.29) is 0 Å². The average molecular weight is 307 g/mol. The normalized spacial score (nSPS) is 40.5. The quantitative estimate of drug-likeness (QED) is 0.211. The van der Waals surface area contributed by atoms with Crippen LogP contribution < -0.4 is 0 Å². The zero-order chi connectivity index (χ0) is 16.4. The van der Waals surface area contributed by atoms with Gasteiger partial charge in [-0.1, -0.05) is 12.2 Å². The van der Waals surface area contributed by atoms with E-state index in [0.29, 0.717) is 0 Å². The summed E-state index contributed by atoms with van der Waals surface area (Å²) >= 11 is 0. The van der Waals surface area contributed by atoms with Gasteiger partial charge in [-0.2, -0.15) is 0 Å². The largest absolute Gasteiger partial charge is 0.477 e. The minimum Gasteiger partial charge on any atom is -0.477 e. The molecule has 1 heterocycles. The summed E-state index contributed by atoms with van der Waals surface area (Å²) in [4.78, 5) is 11.1. The molecule has 2 rings (SSSR count). The molecule has 21 heavy (non-hydrogen) atoms. The maximum absolute atomic E-state index is 11.1. The number of hydrogen-bond acceptors (Lipinski definition) is 10. The first-order chi connectivity index (χ1) is 9.36. The van der Waals surface area contributed by atoms with E-state index in [1.807, 2.05) is 0 Å². The minimum absolute atomic E-state index is 0.674. The summed E-state index contributed by atoms with van der Waals surface area (Å²) in [5, 5.41) is 86.7. The van der Waals surface area contributed by atoms with Crippen molar-refractivity contribution in [3.8, 4) is 0 Å². The first-order valence-corrected chi connectivity index (χ1v) is 5.50. The van der Waals surface area contributed by atoms with E-state index in [0.717, 1.165) is 18.2 Å². The predicted octanol–water partition coefficient (Wildman–Crippen LogP) is -4.63. The number of hydrogen-bond donors (Lipinski definition) is 9. The van der Waals surface area contributed by atoms with Crippen molar-refractivity contribution >= 4 is 5.97 Å². The lowest BCUT2D eigenvalue weighted by molar-refractivity contribution is -0.500. The Balaban J connectivity index is 2.81. The second-order valence-electron chi connectivity index (χ2n) is 4.78. The van der Waals surface area contributed by atoms with Gasteiger partial charge in [-0.3, -0.25) is 5.21 Å². The summed E-state index contributed by atoms with van der Waals surface area (Å²) in [7, 11) is 0. The maximum atomic E-state index is 11.1. The number of aliphatic hydroxyl groups is 7. The van der Waals surface area contributed by atoms with Crippen molar-refractivity contribution in [2.75, 3.05) is 0 Å². The van der Waals surface area contributed by atoms with Crippen LogP contribution >= 0.6 is 0 Å². The number of rotatable bonds is 1. The maximum Gasteiger partial charge on any atom is 0.365 e. The Labute approximate surface area is 116 Å². The van der Waals surface area contributed by atoms with Crippen LogP contribution in [0.2, 0.25) is 0 Å². The van der Waals surface area contributed by atoms with Crippen LogP contribution in [-0.2, 0) is 4.79 Å². The van der Waals surface area contributed by atoms with Crippen LogP contribution in [0.1, 0.15) is 0 Å².